The quantitative estimate of drug-likeness (QED) is 0.436. The lowest BCUT2D eigenvalue weighted by atomic mass is 10.2. The molecule has 0 amide bonds. The first-order valence-electron chi connectivity index (χ1n) is 4.06. The van der Waals surface area contributed by atoms with E-state index in [1.165, 1.54) is 0 Å². The topological polar surface area (TPSA) is 102 Å². The molecule has 2 atom stereocenters. The molecule has 0 aliphatic carbocycles. The highest BCUT2D eigenvalue weighted by Crippen LogP contribution is 2.08. The minimum absolute atomic E-state index is 0.0960. The number of hydrogen-bond donors (Lipinski definition) is 3. The molecule has 6 nitrogen and oxygen atoms in total. The van der Waals surface area contributed by atoms with Crippen LogP contribution in [0, 0.1) is 0 Å². The second-order valence-electron chi connectivity index (χ2n) is 3.69. The van der Waals surface area contributed by atoms with E-state index in [1.54, 1.807) is 20.8 Å². The summed E-state index contributed by atoms with van der Waals surface area (Å²) in [6.07, 6.45) is 0. The summed E-state index contributed by atoms with van der Waals surface area (Å²) in [6, 6.07) is -0.958. The van der Waals surface area contributed by atoms with Gasteiger partial charge in [-0.15, -0.1) is 0 Å². The van der Waals surface area contributed by atoms with E-state index in [2.05, 4.69) is 4.72 Å². The van der Waals surface area contributed by atoms with Gasteiger partial charge in [0.1, 0.15) is 11.6 Å². The highest BCUT2D eigenvalue weighted by Gasteiger charge is 2.24. The minimum atomic E-state index is -2.28. The van der Waals surface area contributed by atoms with Crippen molar-refractivity contribution >= 4 is 17.2 Å². The largest absolute Gasteiger partial charge is 0.459 e. The molecule has 0 aliphatic rings. The van der Waals surface area contributed by atoms with Gasteiger partial charge in [0.25, 0.3) is 0 Å². The Bertz CT molecular complexity index is 226. The van der Waals surface area contributed by atoms with Gasteiger partial charge in [-0.3, -0.25) is 9.35 Å². The van der Waals surface area contributed by atoms with Gasteiger partial charge in [-0.2, -0.15) is 4.72 Å². The van der Waals surface area contributed by atoms with Gasteiger partial charge in [-0.1, -0.05) is 0 Å². The molecule has 0 rings (SSSR count). The molecule has 7 heteroatoms. The van der Waals surface area contributed by atoms with Gasteiger partial charge < -0.3 is 10.5 Å². The van der Waals surface area contributed by atoms with Gasteiger partial charge in [0.2, 0.25) is 11.3 Å². The zero-order chi connectivity index (χ0) is 11.4. The number of nitrogens with one attached hydrogen (secondary N) is 1. The number of ether oxygens (including phenoxy) is 1. The van der Waals surface area contributed by atoms with E-state index in [0.717, 1.165) is 0 Å². The molecule has 0 bridgehead atoms. The number of rotatable bonds is 4. The Morgan fingerprint density at radius 3 is 2.43 bits per heavy atom. The normalized spacial score (nSPS) is 16.1. The van der Waals surface area contributed by atoms with Crippen molar-refractivity contribution in [1.29, 1.82) is 0 Å². The first-order valence-corrected chi connectivity index (χ1v) is 5.17. The number of nitrogens with two attached hydrogens (primary N) is 1. The van der Waals surface area contributed by atoms with E-state index in [1.807, 2.05) is 0 Å². The fourth-order valence-electron chi connectivity index (χ4n) is 0.687. The first kappa shape index (κ1) is 13.5. The van der Waals surface area contributed by atoms with E-state index >= 15 is 0 Å². The standard InChI is InChI=1S/C7H16N2O4S/c1-7(2,3)13-6(10)5(4-8)9-14(11)12/h5,9H,4,8H2,1-3H3,(H,11,12)/t5-/m0/s1. The fraction of sp³-hybridized carbons (Fsp3) is 0.857. The van der Waals surface area contributed by atoms with Crippen LogP contribution < -0.4 is 10.5 Å². The predicted octanol–water partition coefficient (Wildman–Crippen LogP) is -0.618. The molecule has 0 fully saturated rings. The molecular formula is C7H16N2O4S. The summed E-state index contributed by atoms with van der Waals surface area (Å²) in [7, 11) is 0. The number of carbonyl (C=O) groups excluding carboxylic acids is 1. The lowest BCUT2D eigenvalue weighted by Gasteiger charge is -2.22. The SMILES string of the molecule is CC(C)(C)OC(=O)[C@H](CN)NS(=O)O. The molecule has 0 spiro atoms. The molecule has 0 saturated heterocycles. The molecule has 0 radical (unpaired) electrons. The molecule has 0 aliphatic heterocycles. The Kier molecular flexibility index (Phi) is 5.21. The number of hydrogen-bond acceptors (Lipinski definition) is 4. The molecular weight excluding hydrogens is 208 g/mol. The van der Waals surface area contributed by atoms with Crippen LogP contribution in [-0.2, 0) is 20.8 Å². The van der Waals surface area contributed by atoms with E-state index < -0.39 is 28.9 Å². The summed E-state index contributed by atoms with van der Waals surface area (Å²) in [5, 5.41) is 0. The van der Waals surface area contributed by atoms with E-state index in [4.69, 9.17) is 15.0 Å². The number of esters is 1. The van der Waals surface area contributed by atoms with Gasteiger partial charge in [0, 0.05) is 6.54 Å². The van der Waals surface area contributed by atoms with Crippen molar-refractivity contribution < 1.29 is 18.3 Å². The van der Waals surface area contributed by atoms with Crippen molar-refractivity contribution in [1.82, 2.24) is 4.72 Å². The summed E-state index contributed by atoms with van der Waals surface area (Å²) in [5.74, 6) is -0.637. The van der Waals surface area contributed by atoms with Gasteiger partial charge in [0.05, 0.1) is 0 Å². The van der Waals surface area contributed by atoms with Crippen LogP contribution in [0.1, 0.15) is 20.8 Å². The Balaban J connectivity index is 4.25. The second kappa shape index (κ2) is 5.40. The summed E-state index contributed by atoms with van der Waals surface area (Å²) in [6.45, 7) is 5.01. The Morgan fingerprint density at radius 2 is 2.14 bits per heavy atom. The highest BCUT2D eigenvalue weighted by molar-refractivity contribution is 7.77. The minimum Gasteiger partial charge on any atom is -0.459 e. The Hall–Kier alpha value is -0.500. The maximum absolute atomic E-state index is 11.3. The smallest absolute Gasteiger partial charge is 0.325 e. The molecule has 14 heavy (non-hydrogen) atoms. The lowest BCUT2D eigenvalue weighted by Crippen LogP contribution is -2.46. The maximum atomic E-state index is 11.3. The summed E-state index contributed by atoms with van der Waals surface area (Å²) < 4.78 is 25.9. The van der Waals surface area contributed by atoms with Gasteiger partial charge in [-0.05, 0) is 20.8 Å². The molecule has 4 N–H and O–H groups in total. The lowest BCUT2D eigenvalue weighted by molar-refractivity contribution is -0.156. The van der Waals surface area contributed by atoms with Gasteiger partial charge >= 0.3 is 5.97 Å². The van der Waals surface area contributed by atoms with Crippen LogP contribution in [0.5, 0.6) is 0 Å². The van der Waals surface area contributed by atoms with Gasteiger partial charge in [-0.25, -0.2) is 4.21 Å². The average Bonchev–Trinajstić information content (AvgIpc) is 1.96. The van der Waals surface area contributed by atoms with E-state index in [9.17, 15) is 9.00 Å². The fourth-order valence-corrected chi connectivity index (χ4v) is 1.12. The van der Waals surface area contributed by atoms with Crippen LogP contribution in [0.2, 0.25) is 0 Å². The van der Waals surface area contributed by atoms with Crippen molar-refractivity contribution in [2.75, 3.05) is 6.54 Å². The average molecular weight is 224 g/mol. The monoisotopic (exact) mass is 224 g/mol. The summed E-state index contributed by atoms with van der Waals surface area (Å²) in [5.41, 5.74) is 4.60. The molecule has 84 valence electrons. The van der Waals surface area contributed by atoms with Crippen LogP contribution in [0.3, 0.4) is 0 Å². The predicted molar refractivity (Wildman–Crippen MR) is 52.6 cm³/mol. The van der Waals surface area contributed by atoms with Gasteiger partial charge in [0.15, 0.2) is 0 Å². The Morgan fingerprint density at radius 1 is 1.64 bits per heavy atom. The number of carbonyl (C=O) groups is 1. The second-order valence-corrected chi connectivity index (χ2v) is 4.42. The van der Waals surface area contributed by atoms with Crippen LogP contribution in [0.4, 0.5) is 0 Å². The van der Waals surface area contributed by atoms with Crippen molar-refractivity contribution in [2.45, 2.75) is 32.4 Å². The van der Waals surface area contributed by atoms with Crippen molar-refractivity contribution in [3.63, 3.8) is 0 Å². The van der Waals surface area contributed by atoms with Crippen LogP contribution >= 0.6 is 0 Å². The maximum Gasteiger partial charge on any atom is 0.325 e. The molecule has 1 unspecified atom stereocenters. The van der Waals surface area contributed by atoms with E-state index in [0.29, 0.717) is 0 Å². The van der Waals surface area contributed by atoms with Crippen molar-refractivity contribution in [3.05, 3.63) is 0 Å². The van der Waals surface area contributed by atoms with Crippen molar-refractivity contribution in [2.24, 2.45) is 5.73 Å². The highest BCUT2D eigenvalue weighted by atomic mass is 32.2. The first-order chi connectivity index (χ1) is 6.26. The van der Waals surface area contributed by atoms with Crippen LogP contribution in [0.15, 0.2) is 0 Å². The summed E-state index contributed by atoms with van der Waals surface area (Å²) in [4.78, 5) is 11.3. The molecule has 0 aromatic rings. The third kappa shape index (κ3) is 6.03. The molecule has 0 heterocycles. The molecule has 0 aromatic heterocycles. The van der Waals surface area contributed by atoms with Crippen LogP contribution in [0.25, 0.3) is 0 Å². The third-order valence-electron chi connectivity index (χ3n) is 1.17. The molecule has 0 aromatic carbocycles. The van der Waals surface area contributed by atoms with Crippen molar-refractivity contribution in [3.8, 4) is 0 Å². The zero-order valence-corrected chi connectivity index (χ0v) is 9.26. The Labute approximate surface area is 85.6 Å². The third-order valence-corrected chi connectivity index (χ3v) is 1.66. The summed E-state index contributed by atoms with van der Waals surface area (Å²) >= 11 is -2.28. The van der Waals surface area contributed by atoms with E-state index in [-0.39, 0.29) is 6.54 Å². The molecule has 0 saturated carbocycles. The zero-order valence-electron chi connectivity index (χ0n) is 8.44. The van der Waals surface area contributed by atoms with Crippen LogP contribution in [-0.4, -0.2) is 32.9 Å².